The van der Waals surface area contributed by atoms with Crippen LogP contribution in [0.5, 0.6) is 0 Å². The Kier molecular flexibility index (Phi) is 4.93. The maximum absolute atomic E-state index is 12.4. The summed E-state index contributed by atoms with van der Waals surface area (Å²) in [6.07, 6.45) is 0.772. The van der Waals surface area contributed by atoms with Crippen LogP contribution in [0, 0.1) is 0 Å². The Bertz CT molecular complexity index is 747. The van der Waals surface area contributed by atoms with Gasteiger partial charge in [0.1, 0.15) is 11.5 Å². The molecule has 23 heavy (non-hydrogen) atoms. The van der Waals surface area contributed by atoms with Crippen LogP contribution in [-0.4, -0.2) is 5.91 Å². The molecule has 1 atom stereocenters. The van der Waals surface area contributed by atoms with E-state index >= 15 is 0 Å². The van der Waals surface area contributed by atoms with Crippen molar-refractivity contribution < 1.29 is 9.21 Å². The minimum Gasteiger partial charge on any atom is -0.459 e. The van der Waals surface area contributed by atoms with Crippen LogP contribution in [0.3, 0.4) is 0 Å². The molecule has 0 radical (unpaired) electrons. The molecule has 3 aromatic rings. The molecule has 2 heterocycles. The lowest BCUT2D eigenvalue weighted by Gasteiger charge is -2.14. The fourth-order valence-electron chi connectivity index (χ4n) is 2.59. The number of benzene rings is 1. The Hall–Kier alpha value is -2.33. The number of furan rings is 1. The van der Waals surface area contributed by atoms with Crippen molar-refractivity contribution in [1.82, 2.24) is 5.32 Å². The second-order valence-electron chi connectivity index (χ2n) is 5.37. The van der Waals surface area contributed by atoms with Gasteiger partial charge < -0.3 is 9.73 Å². The number of rotatable bonds is 6. The molecular formula is C19H19NO2S. The first kappa shape index (κ1) is 15.6. The van der Waals surface area contributed by atoms with Gasteiger partial charge in [-0.25, -0.2) is 0 Å². The van der Waals surface area contributed by atoms with Gasteiger partial charge in [-0.15, -0.1) is 0 Å². The Morgan fingerprint density at radius 2 is 2.00 bits per heavy atom. The summed E-state index contributed by atoms with van der Waals surface area (Å²) >= 11 is 1.64. The second kappa shape index (κ2) is 7.29. The first-order chi connectivity index (χ1) is 11.3. The quantitative estimate of drug-likeness (QED) is 0.706. The Labute approximate surface area is 140 Å². The topological polar surface area (TPSA) is 42.2 Å². The Morgan fingerprint density at radius 3 is 2.70 bits per heavy atom. The largest absolute Gasteiger partial charge is 0.459 e. The third-order valence-corrected chi connectivity index (χ3v) is 4.51. The minimum atomic E-state index is -0.123. The highest BCUT2D eigenvalue weighted by Gasteiger charge is 2.18. The molecule has 0 spiro atoms. The van der Waals surface area contributed by atoms with Crippen molar-refractivity contribution in [3.8, 4) is 11.3 Å². The van der Waals surface area contributed by atoms with Crippen LogP contribution in [0.1, 0.15) is 30.6 Å². The average molecular weight is 325 g/mol. The van der Waals surface area contributed by atoms with E-state index in [4.69, 9.17) is 4.42 Å². The van der Waals surface area contributed by atoms with Gasteiger partial charge >= 0.3 is 0 Å². The summed E-state index contributed by atoms with van der Waals surface area (Å²) in [6.45, 7) is 2.44. The van der Waals surface area contributed by atoms with Crippen LogP contribution < -0.4 is 5.32 Å². The van der Waals surface area contributed by atoms with Crippen molar-refractivity contribution in [3.05, 3.63) is 70.6 Å². The number of thiophene rings is 1. The second-order valence-corrected chi connectivity index (χ2v) is 6.15. The number of hydrogen-bond donors (Lipinski definition) is 1. The molecule has 0 fully saturated rings. The molecule has 1 N–H and O–H groups in total. The monoisotopic (exact) mass is 325 g/mol. The number of hydrogen-bond acceptors (Lipinski definition) is 3. The maximum atomic E-state index is 12.4. The van der Waals surface area contributed by atoms with Crippen molar-refractivity contribution >= 4 is 17.2 Å². The van der Waals surface area contributed by atoms with Crippen molar-refractivity contribution in [2.75, 3.05) is 0 Å². The summed E-state index contributed by atoms with van der Waals surface area (Å²) in [7, 11) is 0. The molecule has 3 nitrogen and oxygen atoms in total. The molecule has 0 aliphatic heterocycles. The first-order valence-corrected chi connectivity index (χ1v) is 8.66. The fraction of sp³-hybridized carbons (Fsp3) is 0.211. The SMILES string of the molecule is CC[C@H](C(=O)NCc1ccc(-c2ccsc2)o1)c1ccccc1. The van der Waals surface area contributed by atoms with Crippen LogP contribution in [-0.2, 0) is 11.3 Å². The molecule has 1 aromatic carbocycles. The van der Waals surface area contributed by atoms with Gasteiger partial charge in [0.15, 0.2) is 0 Å². The molecule has 0 aliphatic carbocycles. The first-order valence-electron chi connectivity index (χ1n) is 7.72. The van der Waals surface area contributed by atoms with E-state index in [1.54, 1.807) is 11.3 Å². The van der Waals surface area contributed by atoms with E-state index in [0.29, 0.717) is 6.54 Å². The number of carbonyl (C=O) groups is 1. The predicted molar refractivity (Wildman–Crippen MR) is 93.3 cm³/mol. The van der Waals surface area contributed by atoms with Crippen molar-refractivity contribution in [2.24, 2.45) is 0 Å². The van der Waals surface area contributed by atoms with Crippen LogP contribution in [0.4, 0.5) is 0 Å². The lowest BCUT2D eigenvalue weighted by atomic mass is 9.96. The summed E-state index contributed by atoms with van der Waals surface area (Å²) in [4.78, 5) is 12.4. The van der Waals surface area contributed by atoms with Crippen molar-refractivity contribution in [1.29, 1.82) is 0 Å². The summed E-state index contributed by atoms with van der Waals surface area (Å²) in [5.74, 6) is 1.52. The zero-order valence-corrected chi connectivity index (χ0v) is 13.8. The van der Waals surface area contributed by atoms with E-state index in [2.05, 4.69) is 5.32 Å². The van der Waals surface area contributed by atoms with E-state index in [1.165, 1.54) is 0 Å². The van der Waals surface area contributed by atoms with Gasteiger partial charge in [-0.2, -0.15) is 11.3 Å². The fourth-order valence-corrected chi connectivity index (χ4v) is 3.23. The van der Waals surface area contributed by atoms with Gasteiger partial charge in [0, 0.05) is 10.9 Å². The van der Waals surface area contributed by atoms with Gasteiger partial charge in [-0.3, -0.25) is 4.79 Å². The molecule has 0 saturated heterocycles. The molecule has 0 aliphatic rings. The number of nitrogens with one attached hydrogen (secondary N) is 1. The predicted octanol–water partition coefficient (Wildman–Crippen LogP) is 4.82. The highest BCUT2D eigenvalue weighted by molar-refractivity contribution is 7.08. The van der Waals surface area contributed by atoms with E-state index in [1.807, 2.05) is 66.2 Å². The van der Waals surface area contributed by atoms with Crippen LogP contribution >= 0.6 is 11.3 Å². The summed E-state index contributed by atoms with van der Waals surface area (Å²) in [5, 5.41) is 7.04. The van der Waals surface area contributed by atoms with Crippen molar-refractivity contribution in [2.45, 2.75) is 25.8 Å². The zero-order chi connectivity index (χ0) is 16.1. The highest BCUT2D eigenvalue weighted by atomic mass is 32.1. The third kappa shape index (κ3) is 3.71. The van der Waals surface area contributed by atoms with Gasteiger partial charge in [-0.05, 0) is 35.6 Å². The lowest BCUT2D eigenvalue weighted by molar-refractivity contribution is -0.122. The zero-order valence-electron chi connectivity index (χ0n) is 13.0. The molecule has 2 aromatic heterocycles. The standard InChI is InChI=1S/C19H19NO2S/c1-2-17(14-6-4-3-5-7-14)19(21)20-12-16-8-9-18(22-16)15-10-11-23-13-15/h3-11,13,17H,2,12H2,1H3,(H,20,21)/t17-/m0/s1. The van der Waals surface area contributed by atoms with Gasteiger partial charge in [0.2, 0.25) is 5.91 Å². The maximum Gasteiger partial charge on any atom is 0.227 e. The molecule has 0 unspecified atom stereocenters. The normalized spacial score (nSPS) is 12.0. The summed E-state index contributed by atoms with van der Waals surface area (Å²) < 4.78 is 5.79. The lowest BCUT2D eigenvalue weighted by Crippen LogP contribution is -2.28. The highest BCUT2D eigenvalue weighted by Crippen LogP contribution is 2.24. The van der Waals surface area contributed by atoms with Crippen LogP contribution in [0.25, 0.3) is 11.3 Å². The molecule has 4 heteroatoms. The smallest absolute Gasteiger partial charge is 0.227 e. The Morgan fingerprint density at radius 1 is 1.17 bits per heavy atom. The van der Waals surface area contributed by atoms with E-state index < -0.39 is 0 Å². The summed E-state index contributed by atoms with van der Waals surface area (Å²) in [6, 6.07) is 15.8. The van der Waals surface area contributed by atoms with Gasteiger partial charge in [0.05, 0.1) is 12.5 Å². The molecule has 0 bridgehead atoms. The van der Waals surface area contributed by atoms with E-state index in [9.17, 15) is 4.79 Å². The molecule has 0 saturated carbocycles. The number of amides is 1. The summed E-state index contributed by atoms with van der Waals surface area (Å²) in [5.41, 5.74) is 2.12. The van der Waals surface area contributed by atoms with Crippen LogP contribution in [0.15, 0.2) is 63.7 Å². The Balaban J connectivity index is 1.62. The molecule has 118 valence electrons. The van der Waals surface area contributed by atoms with E-state index in [-0.39, 0.29) is 11.8 Å². The third-order valence-electron chi connectivity index (χ3n) is 3.83. The van der Waals surface area contributed by atoms with E-state index in [0.717, 1.165) is 29.1 Å². The van der Waals surface area contributed by atoms with Crippen molar-refractivity contribution in [3.63, 3.8) is 0 Å². The molecular weight excluding hydrogens is 306 g/mol. The van der Waals surface area contributed by atoms with Gasteiger partial charge in [0.25, 0.3) is 0 Å². The minimum absolute atomic E-state index is 0.0344. The molecule has 1 amide bonds. The number of carbonyl (C=O) groups excluding carboxylic acids is 1. The average Bonchev–Trinajstić information content (AvgIpc) is 3.26. The van der Waals surface area contributed by atoms with Gasteiger partial charge in [-0.1, -0.05) is 37.3 Å². The van der Waals surface area contributed by atoms with Crippen LogP contribution in [0.2, 0.25) is 0 Å². The molecule has 3 rings (SSSR count).